The maximum atomic E-state index is 13.9. The second-order valence-electron chi connectivity index (χ2n) is 10.9. The highest BCUT2D eigenvalue weighted by Gasteiger charge is 2.37. The highest BCUT2D eigenvalue weighted by atomic mass is 16.6. The van der Waals surface area contributed by atoms with Crippen LogP contribution in [-0.4, -0.2) is 52.9 Å². The monoisotopic (exact) mass is 516 g/mol. The zero-order valence-corrected chi connectivity index (χ0v) is 23.0. The lowest BCUT2D eigenvalue weighted by Gasteiger charge is -2.35. The van der Waals surface area contributed by atoms with Crippen molar-refractivity contribution in [3.05, 3.63) is 35.4 Å². The Morgan fingerprint density at radius 3 is 2.24 bits per heavy atom. The molecule has 0 heterocycles. The van der Waals surface area contributed by atoms with Crippen molar-refractivity contribution in [1.29, 1.82) is 0 Å². The Morgan fingerprint density at radius 1 is 1.08 bits per heavy atom. The number of hydrogen-bond acceptors (Lipinski definition) is 5. The lowest BCUT2D eigenvalue weighted by atomic mass is 9.94. The molecule has 1 fully saturated rings. The molecule has 4 N–H and O–H groups in total. The molecule has 0 bridgehead atoms. The summed E-state index contributed by atoms with van der Waals surface area (Å²) in [6, 6.07) is 5.36. The van der Waals surface area contributed by atoms with Gasteiger partial charge in [-0.3, -0.25) is 14.4 Å². The zero-order chi connectivity index (χ0) is 27.6. The highest BCUT2D eigenvalue weighted by Crippen LogP contribution is 2.26. The first-order valence-electron chi connectivity index (χ1n) is 13.4. The molecule has 0 radical (unpaired) electrons. The van der Waals surface area contributed by atoms with E-state index in [0.29, 0.717) is 12.0 Å². The summed E-state index contributed by atoms with van der Waals surface area (Å²) >= 11 is 0. The van der Waals surface area contributed by atoms with Gasteiger partial charge < -0.3 is 26.0 Å². The van der Waals surface area contributed by atoms with Crippen molar-refractivity contribution in [2.24, 2.45) is 5.73 Å². The number of ether oxygens (including phenoxy) is 1. The largest absolute Gasteiger partial charge is 0.444 e. The molecule has 9 heteroatoms. The standard InChI is InChI=1S/C28H44N4O5/c1-6-7-17-32(26(35)22(18-23(29)33)31-27(36)37-28(3,4)5)24(20-15-13-19(2)14-16-20)25(34)30-21-11-9-8-10-12-21/h13-16,21-22,24H,6-12,17-18H2,1-5H3,(H2,29,33)(H,30,34)(H,31,36). The van der Waals surface area contributed by atoms with E-state index in [9.17, 15) is 19.2 Å². The van der Waals surface area contributed by atoms with E-state index in [-0.39, 0.29) is 18.5 Å². The minimum atomic E-state index is -1.26. The van der Waals surface area contributed by atoms with E-state index in [0.717, 1.165) is 44.1 Å². The number of carbonyl (C=O) groups excluding carboxylic acids is 4. The summed E-state index contributed by atoms with van der Waals surface area (Å²) in [5.41, 5.74) is 6.34. The second-order valence-corrected chi connectivity index (χ2v) is 10.9. The summed E-state index contributed by atoms with van der Waals surface area (Å²) in [6.45, 7) is 9.33. The minimum absolute atomic E-state index is 0.0543. The van der Waals surface area contributed by atoms with Crippen molar-refractivity contribution in [3.63, 3.8) is 0 Å². The van der Waals surface area contributed by atoms with Crippen LogP contribution in [0.5, 0.6) is 0 Å². The summed E-state index contributed by atoms with van der Waals surface area (Å²) in [6.07, 6.45) is 5.25. The van der Waals surface area contributed by atoms with Crippen molar-refractivity contribution in [2.75, 3.05) is 6.54 Å². The smallest absolute Gasteiger partial charge is 0.408 e. The summed E-state index contributed by atoms with van der Waals surface area (Å²) in [7, 11) is 0. The van der Waals surface area contributed by atoms with Crippen LogP contribution in [0.25, 0.3) is 0 Å². The average molecular weight is 517 g/mol. The van der Waals surface area contributed by atoms with Crippen LogP contribution in [0.3, 0.4) is 0 Å². The Bertz CT molecular complexity index is 919. The summed E-state index contributed by atoms with van der Waals surface area (Å²) in [5, 5.41) is 5.67. The average Bonchev–Trinajstić information content (AvgIpc) is 2.81. The van der Waals surface area contributed by atoms with Crippen LogP contribution in [-0.2, 0) is 19.1 Å². The van der Waals surface area contributed by atoms with Crippen LogP contribution < -0.4 is 16.4 Å². The number of unbranched alkanes of at least 4 members (excludes halogenated alkanes) is 1. The molecule has 0 aliphatic heterocycles. The summed E-state index contributed by atoms with van der Waals surface area (Å²) < 4.78 is 5.31. The van der Waals surface area contributed by atoms with Gasteiger partial charge in [0, 0.05) is 12.6 Å². The molecule has 1 aromatic carbocycles. The van der Waals surface area contributed by atoms with E-state index in [1.54, 1.807) is 20.8 Å². The van der Waals surface area contributed by atoms with Crippen LogP contribution in [0.2, 0.25) is 0 Å². The van der Waals surface area contributed by atoms with Gasteiger partial charge in [0.05, 0.1) is 6.42 Å². The highest BCUT2D eigenvalue weighted by molar-refractivity contribution is 5.94. The second kappa shape index (κ2) is 14.0. The lowest BCUT2D eigenvalue weighted by Crippen LogP contribution is -2.55. The number of hydrogen-bond donors (Lipinski definition) is 3. The maximum Gasteiger partial charge on any atom is 0.408 e. The Kier molecular flexibility index (Phi) is 11.4. The minimum Gasteiger partial charge on any atom is -0.444 e. The number of benzene rings is 1. The van der Waals surface area contributed by atoms with Gasteiger partial charge in [0.25, 0.3) is 0 Å². The Balaban J connectivity index is 2.44. The van der Waals surface area contributed by atoms with Crippen molar-refractivity contribution in [2.45, 2.75) is 110 Å². The van der Waals surface area contributed by atoms with Gasteiger partial charge in [-0.1, -0.05) is 62.4 Å². The molecule has 1 aliphatic rings. The fraction of sp³-hybridized carbons (Fsp3) is 0.643. The van der Waals surface area contributed by atoms with Crippen molar-refractivity contribution in [3.8, 4) is 0 Å². The molecular formula is C28H44N4O5. The molecule has 2 rings (SSSR count). The zero-order valence-electron chi connectivity index (χ0n) is 23.0. The summed E-state index contributed by atoms with van der Waals surface area (Å²) in [4.78, 5) is 53.6. The molecular weight excluding hydrogens is 472 g/mol. The van der Waals surface area contributed by atoms with Crippen LogP contribution in [0.4, 0.5) is 4.79 Å². The number of rotatable bonds is 11. The SMILES string of the molecule is CCCCN(C(=O)C(CC(N)=O)NC(=O)OC(C)(C)C)C(C(=O)NC1CCCCC1)c1ccc(C)cc1. The molecule has 206 valence electrons. The van der Waals surface area contributed by atoms with E-state index < -0.39 is 42.0 Å². The number of nitrogens with one attached hydrogen (secondary N) is 2. The van der Waals surface area contributed by atoms with Gasteiger partial charge >= 0.3 is 6.09 Å². The maximum absolute atomic E-state index is 13.9. The van der Waals surface area contributed by atoms with E-state index in [2.05, 4.69) is 10.6 Å². The Morgan fingerprint density at radius 2 is 1.70 bits per heavy atom. The van der Waals surface area contributed by atoms with E-state index in [1.165, 1.54) is 4.90 Å². The summed E-state index contributed by atoms with van der Waals surface area (Å²) in [5.74, 6) is -1.57. The van der Waals surface area contributed by atoms with E-state index in [4.69, 9.17) is 10.5 Å². The van der Waals surface area contributed by atoms with Crippen molar-refractivity contribution in [1.82, 2.24) is 15.5 Å². The molecule has 0 spiro atoms. The predicted octanol–water partition coefficient (Wildman–Crippen LogP) is 3.88. The molecule has 9 nitrogen and oxygen atoms in total. The van der Waals surface area contributed by atoms with Crippen LogP contribution in [0, 0.1) is 6.92 Å². The fourth-order valence-electron chi connectivity index (χ4n) is 4.49. The third-order valence-corrected chi connectivity index (χ3v) is 6.33. The lowest BCUT2D eigenvalue weighted by molar-refractivity contribution is -0.143. The number of carbonyl (C=O) groups is 4. The molecule has 1 saturated carbocycles. The third-order valence-electron chi connectivity index (χ3n) is 6.33. The van der Waals surface area contributed by atoms with E-state index >= 15 is 0 Å². The number of nitrogens with zero attached hydrogens (tertiary/aromatic N) is 1. The van der Waals surface area contributed by atoms with Crippen LogP contribution >= 0.6 is 0 Å². The molecule has 2 atom stereocenters. The van der Waals surface area contributed by atoms with Gasteiger partial charge in [-0.25, -0.2) is 4.79 Å². The van der Waals surface area contributed by atoms with Crippen molar-refractivity contribution < 1.29 is 23.9 Å². The number of amides is 4. The normalized spacial score (nSPS) is 15.8. The molecule has 0 aromatic heterocycles. The van der Waals surface area contributed by atoms with Gasteiger partial charge in [-0.2, -0.15) is 0 Å². The molecule has 37 heavy (non-hydrogen) atoms. The predicted molar refractivity (Wildman–Crippen MR) is 143 cm³/mol. The number of aryl methyl sites for hydroxylation is 1. The number of primary amides is 1. The topological polar surface area (TPSA) is 131 Å². The number of nitrogens with two attached hydrogens (primary N) is 1. The van der Waals surface area contributed by atoms with Crippen molar-refractivity contribution >= 4 is 23.8 Å². The quantitative estimate of drug-likeness (QED) is 0.411. The third kappa shape index (κ3) is 10.1. The first-order valence-corrected chi connectivity index (χ1v) is 13.4. The van der Waals surface area contributed by atoms with Gasteiger partial charge in [0.1, 0.15) is 17.7 Å². The van der Waals surface area contributed by atoms with Crippen LogP contribution in [0.15, 0.2) is 24.3 Å². The molecule has 1 aliphatic carbocycles. The van der Waals surface area contributed by atoms with Gasteiger partial charge in [-0.15, -0.1) is 0 Å². The number of alkyl carbamates (subject to hydrolysis) is 1. The fourth-order valence-corrected chi connectivity index (χ4v) is 4.49. The van der Waals surface area contributed by atoms with Gasteiger partial charge in [0.2, 0.25) is 17.7 Å². The molecule has 0 saturated heterocycles. The molecule has 4 amide bonds. The van der Waals surface area contributed by atoms with E-state index in [1.807, 2.05) is 38.1 Å². The first kappa shape index (κ1) is 30.1. The Hall–Kier alpha value is -3.10. The molecule has 2 unspecified atom stereocenters. The Labute approximate surface area is 220 Å². The molecule has 1 aromatic rings. The van der Waals surface area contributed by atoms with Crippen LogP contribution in [0.1, 0.15) is 96.2 Å². The van der Waals surface area contributed by atoms with Gasteiger partial charge in [-0.05, 0) is 52.5 Å². The first-order chi connectivity index (χ1) is 17.4. The van der Waals surface area contributed by atoms with Gasteiger partial charge in [0.15, 0.2) is 0 Å².